The minimum absolute atomic E-state index is 0.0841. The van der Waals surface area contributed by atoms with E-state index in [4.69, 9.17) is 0 Å². The highest BCUT2D eigenvalue weighted by Gasteiger charge is 2.42. The van der Waals surface area contributed by atoms with Crippen LogP contribution in [0.25, 0.3) is 116 Å². The molecule has 0 N–H and O–H groups in total. The molecular weight excluding hydrogens is 832 g/mol. The monoisotopic (exact) mass is 880 g/mol. The molecule has 0 saturated heterocycles. The summed E-state index contributed by atoms with van der Waals surface area (Å²) in [6, 6.07) is 71.7. The third-order valence-corrected chi connectivity index (χ3v) is 15.9. The van der Waals surface area contributed by atoms with E-state index in [1.54, 1.807) is 0 Å². The maximum absolute atomic E-state index is 2.74. The second-order valence-corrected chi connectivity index (χ2v) is 19.9. The molecule has 2 aliphatic heterocycles. The summed E-state index contributed by atoms with van der Waals surface area (Å²) < 4.78 is 5.40. The minimum Gasteiger partial charge on any atom is -0.375 e. The molecule has 0 saturated carbocycles. The predicted octanol–water partition coefficient (Wildman–Crippen LogP) is 16.0. The van der Waals surface area contributed by atoms with Gasteiger partial charge in [-0.25, -0.2) is 0 Å². The van der Waals surface area contributed by atoms with Gasteiger partial charge < -0.3 is 9.05 Å². The highest BCUT2D eigenvalue weighted by molar-refractivity contribution is 6.90. The number of aryl methyl sites for hydroxylation is 6. The van der Waals surface area contributed by atoms with Crippen molar-refractivity contribution in [1.29, 1.82) is 0 Å². The maximum atomic E-state index is 2.74. The van der Waals surface area contributed by atoms with Crippen LogP contribution in [0.15, 0.2) is 188 Å². The normalized spacial score (nSPS) is 12.5. The Labute approximate surface area is 403 Å². The van der Waals surface area contributed by atoms with E-state index in [2.05, 4.69) is 239 Å². The fourth-order valence-corrected chi connectivity index (χ4v) is 12.9. The van der Waals surface area contributed by atoms with Crippen molar-refractivity contribution < 1.29 is 0 Å². The first-order valence-corrected chi connectivity index (χ1v) is 24.5. The predicted molar refractivity (Wildman–Crippen MR) is 295 cm³/mol. The Morgan fingerprint density at radius 1 is 0.319 bits per heavy atom. The van der Waals surface area contributed by atoms with Gasteiger partial charge in [-0.1, -0.05) is 140 Å². The Kier molecular flexibility index (Phi) is 8.51. The largest absolute Gasteiger partial charge is 0.375 e. The summed E-state index contributed by atoms with van der Waals surface area (Å²) in [6.45, 7) is 13.5. The standard InChI is InChI=1S/C66H49BN2/c1-38-17-10-12-25-49(38)45-29-30-59-53(31-45)55-33-46(50-26-13-11-18-39(50)2)32-54-51-27-16-28-60-63(51)67(69(59)65(54)55)58-37-48(62-42(5)21-15-22-43(62)6)36-57-56-35-47(61-40(3)19-14-20-41(61)4)34-52(44-23-8-7-9-24-44)64(56)68(60)66(57)58/h7-37H,1-6H3. The van der Waals surface area contributed by atoms with Crippen LogP contribution < -0.4 is 10.9 Å². The number of nitrogens with zero attached hydrogens (tertiary/aromatic N) is 2. The van der Waals surface area contributed by atoms with Gasteiger partial charge >= 0.3 is 6.85 Å². The Bertz CT molecular complexity index is 4160. The molecule has 69 heavy (non-hydrogen) atoms. The van der Waals surface area contributed by atoms with Crippen molar-refractivity contribution in [2.24, 2.45) is 0 Å². The van der Waals surface area contributed by atoms with Crippen LogP contribution in [0, 0.1) is 41.5 Å². The fraction of sp³-hybridized carbons (Fsp3) is 0.0909. The van der Waals surface area contributed by atoms with Crippen LogP contribution in [0.1, 0.15) is 33.4 Å². The Balaban J connectivity index is 1.18. The molecular formula is C66H49BN2. The molecule has 0 radical (unpaired) electrons. The summed E-state index contributed by atoms with van der Waals surface area (Å²) in [5.74, 6) is 0. The number of hydrogen-bond donors (Lipinski definition) is 0. The molecule has 10 aromatic carbocycles. The average molecular weight is 881 g/mol. The summed E-state index contributed by atoms with van der Waals surface area (Å²) in [5.41, 5.74) is 32.0. The zero-order valence-electron chi connectivity index (χ0n) is 39.9. The number of rotatable bonds is 5. The van der Waals surface area contributed by atoms with Gasteiger partial charge in [-0.2, -0.15) is 0 Å². The topological polar surface area (TPSA) is 9.86 Å². The summed E-state index contributed by atoms with van der Waals surface area (Å²) >= 11 is 0. The zero-order valence-corrected chi connectivity index (χ0v) is 39.9. The van der Waals surface area contributed by atoms with Crippen LogP contribution in [-0.2, 0) is 0 Å². The molecule has 0 aliphatic carbocycles. The summed E-state index contributed by atoms with van der Waals surface area (Å²) in [4.78, 5) is 0. The quantitative estimate of drug-likeness (QED) is 0.152. The number of hydrogen-bond acceptors (Lipinski definition) is 0. The Morgan fingerprint density at radius 2 is 0.826 bits per heavy atom. The van der Waals surface area contributed by atoms with Gasteiger partial charge in [-0.3, -0.25) is 0 Å². The van der Waals surface area contributed by atoms with Crippen LogP contribution in [0.4, 0.5) is 0 Å². The molecule has 14 rings (SSSR count). The van der Waals surface area contributed by atoms with E-state index in [9.17, 15) is 0 Å². The van der Waals surface area contributed by atoms with Gasteiger partial charge in [0.2, 0.25) is 0 Å². The van der Waals surface area contributed by atoms with Crippen molar-refractivity contribution in [3.05, 3.63) is 221 Å². The molecule has 12 aromatic rings. The SMILES string of the molecule is Cc1ccccc1-c1ccc2c(c1)c1cc(-c3ccccc3C)cc3c1n2B1c2c-3cccc2-n2c3c1cc(-c1c(C)cccc1C)cc3c1cc(-c3c(C)cccc3C)cc(-c3ccccc3)c12. The van der Waals surface area contributed by atoms with E-state index in [-0.39, 0.29) is 6.85 Å². The summed E-state index contributed by atoms with van der Waals surface area (Å²) in [5, 5.41) is 5.15. The first kappa shape index (κ1) is 40.0. The van der Waals surface area contributed by atoms with E-state index in [1.165, 1.54) is 160 Å². The molecule has 4 heterocycles. The van der Waals surface area contributed by atoms with Crippen LogP contribution >= 0.6 is 0 Å². The first-order chi connectivity index (χ1) is 33.7. The van der Waals surface area contributed by atoms with Crippen LogP contribution in [0.2, 0.25) is 0 Å². The highest BCUT2D eigenvalue weighted by atomic mass is 15.0. The van der Waals surface area contributed by atoms with Crippen molar-refractivity contribution in [2.45, 2.75) is 41.5 Å². The molecule has 2 nitrogen and oxygen atoms in total. The molecule has 0 amide bonds. The molecule has 0 atom stereocenters. The van der Waals surface area contributed by atoms with Crippen molar-refractivity contribution in [3.8, 4) is 72.4 Å². The van der Waals surface area contributed by atoms with Gasteiger partial charge in [-0.05, 0) is 190 Å². The molecule has 2 aliphatic rings. The fourth-order valence-electron chi connectivity index (χ4n) is 12.9. The zero-order chi connectivity index (χ0) is 46.4. The van der Waals surface area contributed by atoms with Crippen LogP contribution in [0.5, 0.6) is 0 Å². The van der Waals surface area contributed by atoms with Crippen molar-refractivity contribution in [1.82, 2.24) is 9.05 Å². The van der Waals surface area contributed by atoms with Crippen molar-refractivity contribution >= 4 is 61.4 Å². The Morgan fingerprint density at radius 3 is 1.49 bits per heavy atom. The number of aromatic nitrogens is 2. The van der Waals surface area contributed by atoms with E-state index in [0.717, 1.165) is 0 Å². The third kappa shape index (κ3) is 5.62. The van der Waals surface area contributed by atoms with Gasteiger partial charge in [0.25, 0.3) is 0 Å². The molecule has 0 fully saturated rings. The first-order valence-electron chi connectivity index (χ1n) is 24.5. The molecule has 2 aromatic heterocycles. The Hall–Kier alpha value is -8.14. The van der Waals surface area contributed by atoms with Gasteiger partial charge in [-0.15, -0.1) is 0 Å². The van der Waals surface area contributed by atoms with Gasteiger partial charge in [0, 0.05) is 49.4 Å². The average Bonchev–Trinajstić information content (AvgIpc) is 3.87. The lowest BCUT2D eigenvalue weighted by atomic mass is 9.45. The molecule has 326 valence electrons. The second-order valence-electron chi connectivity index (χ2n) is 19.9. The number of fused-ring (bicyclic) bond motifs is 10. The van der Waals surface area contributed by atoms with E-state index < -0.39 is 0 Å². The highest BCUT2D eigenvalue weighted by Crippen LogP contribution is 2.49. The molecule has 0 unspecified atom stereocenters. The number of benzene rings is 10. The maximum Gasteiger partial charge on any atom is 0.333 e. The van der Waals surface area contributed by atoms with Crippen molar-refractivity contribution in [2.75, 3.05) is 0 Å². The molecule has 0 spiro atoms. The van der Waals surface area contributed by atoms with E-state index >= 15 is 0 Å². The van der Waals surface area contributed by atoms with E-state index in [1.807, 2.05) is 0 Å². The minimum atomic E-state index is -0.0841. The molecule has 0 bridgehead atoms. The lowest BCUT2D eigenvalue weighted by Gasteiger charge is -2.34. The van der Waals surface area contributed by atoms with Gasteiger partial charge in [0.1, 0.15) is 0 Å². The third-order valence-electron chi connectivity index (χ3n) is 15.9. The second kappa shape index (κ2) is 14.7. The molecule has 3 heteroatoms. The van der Waals surface area contributed by atoms with Crippen LogP contribution in [0.3, 0.4) is 0 Å². The van der Waals surface area contributed by atoms with Crippen molar-refractivity contribution in [3.63, 3.8) is 0 Å². The lowest BCUT2D eigenvalue weighted by molar-refractivity contribution is 1.17. The summed E-state index contributed by atoms with van der Waals surface area (Å²) in [7, 11) is 0. The van der Waals surface area contributed by atoms with Gasteiger partial charge in [0.15, 0.2) is 0 Å². The van der Waals surface area contributed by atoms with E-state index in [0.29, 0.717) is 0 Å². The smallest absolute Gasteiger partial charge is 0.333 e. The lowest BCUT2D eigenvalue weighted by Crippen LogP contribution is -2.55. The van der Waals surface area contributed by atoms with Gasteiger partial charge in [0.05, 0.1) is 11.0 Å². The van der Waals surface area contributed by atoms with Crippen LogP contribution in [-0.4, -0.2) is 15.9 Å². The summed E-state index contributed by atoms with van der Waals surface area (Å²) in [6.07, 6.45) is 0.